The maximum Gasteiger partial charge on any atom is 0.407 e. The molecule has 0 aromatic carbocycles. The van der Waals surface area contributed by atoms with Gasteiger partial charge in [0.1, 0.15) is 0 Å². The molecule has 3 heteroatoms. The number of ether oxygens (including phenoxy) is 1. The second-order valence-corrected chi connectivity index (χ2v) is 2.60. The molecule has 0 radical (unpaired) electrons. The number of hydrogen-bond donors (Lipinski definition) is 1. The topological polar surface area (TPSA) is 38.3 Å². The predicted molar refractivity (Wildman–Crippen MR) is 46.9 cm³/mol. The van der Waals surface area contributed by atoms with Gasteiger partial charge in [-0.25, -0.2) is 4.79 Å². The number of carbonyl (C=O) groups is 1. The summed E-state index contributed by atoms with van der Waals surface area (Å²) in [5, 5.41) is 2.62. The Labute approximate surface area is 72.1 Å². The van der Waals surface area contributed by atoms with E-state index in [-0.39, 0.29) is 6.09 Å². The van der Waals surface area contributed by atoms with Crippen LogP contribution in [0.3, 0.4) is 0 Å². The van der Waals surface area contributed by atoms with Gasteiger partial charge in [-0.2, -0.15) is 0 Å². The molecule has 66 valence electrons. The first-order valence-electron chi connectivity index (χ1n) is 4.00. The fourth-order valence-electron chi connectivity index (χ4n) is 1.05. The first-order valence-corrected chi connectivity index (χ1v) is 4.00. The van der Waals surface area contributed by atoms with Crippen LogP contribution in [0, 0.1) is 0 Å². The summed E-state index contributed by atoms with van der Waals surface area (Å²) in [4.78, 5) is 10.7. The third-order valence-electron chi connectivity index (χ3n) is 1.69. The Bertz CT molecular complexity index is 219. The van der Waals surface area contributed by atoms with Crippen molar-refractivity contribution in [2.24, 2.45) is 0 Å². The monoisotopic (exact) mass is 167 g/mol. The molecular formula is C9H13NO2. The molecule has 1 rings (SSSR count). The maximum atomic E-state index is 10.7. The summed E-state index contributed by atoms with van der Waals surface area (Å²) in [6.45, 7) is 0.559. The number of methoxy groups -OCH3 is 1. The molecule has 0 aromatic heterocycles. The van der Waals surface area contributed by atoms with E-state index in [0.29, 0.717) is 6.54 Å². The van der Waals surface area contributed by atoms with Gasteiger partial charge in [-0.15, -0.1) is 0 Å². The van der Waals surface area contributed by atoms with Gasteiger partial charge in [-0.3, -0.25) is 0 Å². The lowest BCUT2D eigenvalue weighted by molar-refractivity contribution is 0.172. The van der Waals surface area contributed by atoms with Crippen LogP contribution in [-0.4, -0.2) is 19.7 Å². The predicted octanol–water partition coefficient (Wildman–Crippen LogP) is 1.62. The van der Waals surface area contributed by atoms with Gasteiger partial charge in [-0.1, -0.05) is 18.2 Å². The summed E-state index contributed by atoms with van der Waals surface area (Å²) >= 11 is 0. The highest BCUT2D eigenvalue weighted by Gasteiger charge is 2.00. The van der Waals surface area contributed by atoms with Crippen molar-refractivity contribution in [1.82, 2.24) is 5.32 Å². The van der Waals surface area contributed by atoms with Gasteiger partial charge in [0.25, 0.3) is 0 Å². The van der Waals surface area contributed by atoms with Gasteiger partial charge in [0, 0.05) is 6.54 Å². The van der Waals surface area contributed by atoms with Crippen LogP contribution in [0.15, 0.2) is 23.8 Å². The zero-order chi connectivity index (χ0) is 8.81. The second-order valence-electron chi connectivity index (χ2n) is 2.60. The number of amides is 1. The van der Waals surface area contributed by atoms with Gasteiger partial charge in [-0.05, 0) is 18.4 Å². The van der Waals surface area contributed by atoms with Crippen LogP contribution in [-0.2, 0) is 4.74 Å². The van der Waals surface area contributed by atoms with Crippen LogP contribution < -0.4 is 5.32 Å². The first-order chi connectivity index (χ1) is 5.83. The Balaban J connectivity index is 2.27. The van der Waals surface area contributed by atoms with E-state index in [9.17, 15) is 4.79 Å². The van der Waals surface area contributed by atoms with E-state index < -0.39 is 0 Å². The van der Waals surface area contributed by atoms with Crippen molar-refractivity contribution in [3.8, 4) is 0 Å². The van der Waals surface area contributed by atoms with Crippen LogP contribution in [0.2, 0.25) is 0 Å². The Hall–Kier alpha value is -1.25. The molecule has 0 bridgehead atoms. The molecular weight excluding hydrogens is 154 g/mol. The fourth-order valence-corrected chi connectivity index (χ4v) is 1.05. The minimum atomic E-state index is -0.380. The Morgan fingerprint density at radius 2 is 2.50 bits per heavy atom. The van der Waals surface area contributed by atoms with Crippen LogP contribution in [0.1, 0.15) is 12.8 Å². The molecule has 1 aliphatic carbocycles. The molecule has 0 unspecified atom stereocenters. The zero-order valence-electron chi connectivity index (χ0n) is 7.17. The number of alkyl carbamates (subject to hydrolysis) is 1. The summed E-state index contributed by atoms with van der Waals surface area (Å²) in [5.41, 5.74) is 1.15. The van der Waals surface area contributed by atoms with Crippen molar-refractivity contribution >= 4 is 6.09 Å². The summed E-state index contributed by atoms with van der Waals surface area (Å²) in [7, 11) is 1.36. The molecule has 3 nitrogen and oxygen atoms in total. The third-order valence-corrected chi connectivity index (χ3v) is 1.69. The molecule has 0 saturated heterocycles. The molecule has 1 N–H and O–H groups in total. The normalized spacial score (nSPS) is 15.2. The van der Waals surface area contributed by atoms with E-state index in [4.69, 9.17) is 0 Å². The molecule has 0 aromatic rings. The van der Waals surface area contributed by atoms with E-state index in [0.717, 1.165) is 18.4 Å². The molecule has 0 saturated carbocycles. The SMILES string of the molecule is COC(=O)NCC1=CCCC=C1. The largest absolute Gasteiger partial charge is 0.453 e. The van der Waals surface area contributed by atoms with Crippen molar-refractivity contribution in [2.75, 3.05) is 13.7 Å². The van der Waals surface area contributed by atoms with Gasteiger partial charge in [0.2, 0.25) is 0 Å². The van der Waals surface area contributed by atoms with Crippen molar-refractivity contribution < 1.29 is 9.53 Å². The lowest BCUT2D eigenvalue weighted by Crippen LogP contribution is -2.25. The van der Waals surface area contributed by atoms with E-state index in [2.05, 4.69) is 22.2 Å². The standard InChI is InChI=1S/C9H13NO2/c1-12-9(11)10-7-8-5-3-2-4-6-8/h3,5-6H,2,4,7H2,1H3,(H,10,11). The Kier molecular flexibility index (Phi) is 3.38. The summed E-state index contributed by atoms with van der Waals surface area (Å²) in [6.07, 6.45) is 8.04. The molecule has 12 heavy (non-hydrogen) atoms. The van der Waals surface area contributed by atoms with Gasteiger partial charge in [0.05, 0.1) is 7.11 Å². The number of nitrogens with one attached hydrogen (secondary N) is 1. The van der Waals surface area contributed by atoms with Crippen LogP contribution in [0.4, 0.5) is 4.79 Å². The fraction of sp³-hybridized carbons (Fsp3) is 0.444. The quantitative estimate of drug-likeness (QED) is 0.678. The van der Waals surface area contributed by atoms with Gasteiger partial charge < -0.3 is 10.1 Å². The number of rotatable bonds is 2. The van der Waals surface area contributed by atoms with Crippen molar-refractivity contribution in [3.05, 3.63) is 23.8 Å². The summed E-state index contributed by atoms with van der Waals surface area (Å²) in [5.74, 6) is 0. The first kappa shape index (κ1) is 8.84. The van der Waals surface area contributed by atoms with E-state index in [1.165, 1.54) is 7.11 Å². The van der Waals surface area contributed by atoms with Crippen molar-refractivity contribution in [3.63, 3.8) is 0 Å². The van der Waals surface area contributed by atoms with E-state index in [1.54, 1.807) is 0 Å². The highest BCUT2D eigenvalue weighted by molar-refractivity contribution is 5.67. The highest BCUT2D eigenvalue weighted by atomic mass is 16.5. The molecule has 1 amide bonds. The minimum absolute atomic E-state index is 0.380. The second kappa shape index (κ2) is 4.59. The molecule has 0 spiro atoms. The smallest absolute Gasteiger partial charge is 0.407 e. The zero-order valence-corrected chi connectivity index (χ0v) is 7.17. The average Bonchev–Trinajstić information content (AvgIpc) is 2.16. The molecule has 0 aliphatic heterocycles. The Morgan fingerprint density at radius 3 is 3.08 bits per heavy atom. The maximum absolute atomic E-state index is 10.7. The summed E-state index contributed by atoms with van der Waals surface area (Å²) in [6, 6.07) is 0. The molecule has 0 heterocycles. The van der Waals surface area contributed by atoms with Crippen LogP contribution in [0.25, 0.3) is 0 Å². The lowest BCUT2D eigenvalue weighted by atomic mass is 10.1. The van der Waals surface area contributed by atoms with Crippen LogP contribution in [0.5, 0.6) is 0 Å². The van der Waals surface area contributed by atoms with Gasteiger partial charge in [0.15, 0.2) is 0 Å². The number of allylic oxidation sites excluding steroid dienone is 2. The number of hydrogen-bond acceptors (Lipinski definition) is 2. The number of carbonyl (C=O) groups excluding carboxylic acids is 1. The van der Waals surface area contributed by atoms with E-state index in [1.807, 2.05) is 6.08 Å². The van der Waals surface area contributed by atoms with Crippen LogP contribution >= 0.6 is 0 Å². The lowest BCUT2D eigenvalue weighted by Gasteiger charge is -2.07. The third kappa shape index (κ3) is 2.78. The van der Waals surface area contributed by atoms with E-state index >= 15 is 0 Å². The van der Waals surface area contributed by atoms with Crippen molar-refractivity contribution in [1.29, 1.82) is 0 Å². The van der Waals surface area contributed by atoms with Gasteiger partial charge >= 0.3 is 6.09 Å². The molecule has 0 atom stereocenters. The molecule has 0 fully saturated rings. The van der Waals surface area contributed by atoms with Crippen molar-refractivity contribution in [2.45, 2.75) is 12.8 Å². The highest BCUT2D eigenvalue weighted by Crippen LogP contribution is 2.07. The molecule has 1 aliphatic rings. The minimum Gasteiger partial charge on any atom is -0.453 e. The Morgan fingerprint density at radius 1 is 1.67 bits per heavy atom. The average molecular weight is 167 g/mol. The summed E-state index contributed by atoms with van der Waals surface area (Å²) < 4.78 is 4.44.